The fourth-order valence-corrected chi connectivity index (χ4v) is 3.88. The van der Waals surface area contributed by atoms with Gasteiger partial charge < -0.3 is 5.32 Å². The van der Waals surface area contributed by atoms with E-state index in [1.807, 2.05) is 6.92 Å². The SMILES string of the molecule is Cc1cncc(C(=O)Nc2ccc(S(=O)(=O)Cl)c(Br)c2)c1. The van der Waals surface area contributed by atoms with Crippen LogP contribution in [0.4, 0.5) is 5.69 Å². The van der Waals surface area contributed by atoms with E-state index >= 15 is 0 Å². The van der Waals surface area contributed by atoms with Crippen LogP contribution < -0.4 is 5.32 Å². The molecule has 0 aliphatic heterocycles. The second-order valence-corrected chi connectivity index (χ2v) is 7.68. The van der Waals surface area contributed by atoms with Gasteiger partial charge in [0.1, 0.15) is 0 Å². The third-order valence-electron chi connectivity index (χ3n) is 2.59. The fraction of sp³-hybridized carbons (Fsp3) is 0.0769. The molecule has 0 fully saturated rings. The molecule has 2 aromatic rings. The highest BCUT2D eigenvalue weighted by Gasteiger charge is 2.15. The van der Waals surface area contributed by atoms with Crippen LogP contribution in [-0.4, -0.2) is 19.3 Å². The third-order valence-corrected chi connectivity index (χ3v) is 4.89. The smallest absolute Gasteiger partial charge is 0.262 e. The monoisotopic (exact) mass is 388 g/mol. The molecule has 1 N–H and O–H groups in total. The van der Waals surface area contributed by atoms with Gasteiger partial charge in [-0.2, -0.15) is 0 Å². The quantitative estimate of drug-likeness (QED) is 0.817. The van der Waals surface area contributed by atoms with Gasteiger partial charge in [-0.1, -0.05) is 0 Å². The van der Waals surface area contributed by atoms with E-state index in [-0.39, 0.29) is 15.3 Å². The Morgan fingerprint density at radius 1 is 1.29 bits per heavy atom. The minimum atomic E-state index is -3.83. The van der Waals surface area contributed by atoms with Crippen molar-refractivity contribution in [2.75, 3.05) is 5.32 Å². The number of amides is 1. The topological polar surface area (TPSA) is 76.1 Å². The molecule has 0 saturated carbocycles. The molecular weight excluding hydrogens is 380 g/mol. The summed E-state index contributed by atoms with van der Waals surface area (Å²) in [7, 11) is 1.45. The Bertz CT molecular complexity index is 809. The van der Waals surface area contributed by atoms with Crippen molar-refractivity contribution in [2.45, 2.75) is 11.8 Å². The van der Waals surface area contributed by atoms with Crippen LogP contribution in [0.25, 0.3) is 0 Å². The minimum absolute atomic E-state index is 0.0561. The van der Waals surface area contributed by atoms with Gasteiger partial charge in [-0.15, -0.1) is 0 Å². The largest absolute Gasteiger partial charge is 0.322 e. The maximum atomic E-state index is 12.0. The van der Waals surface area contributed by atoms with Crippen LogP contribution in [0.3, 0.4) is 0 Å². The number of carbonyl (C=O) groups excluding carboxylic acids is 1. The summed E-state index contributed by atoms with van der Waals surface area (Å²) in [6.45, 7) is 1.83. The van der Waals surface area contributed by atoms with Gasteiger partial charge in [0.25, 0.3) is 15.0 Å². The van der Waals surface area contributed by atoms with Gasteiger partial charge in [0, 0.05) is 33.2 Å². The third kappa shape index (κ3) is 4.03. The predicted octanol–water partition coefficient (Wildman–Crippen LogP) is 3.33. The van der Waals surface area contributed by atoms with Gasteiger partial charge >= 0.3 is 0 Å². The lowest BCUT2D eigenvalue weighted by atomic mass is 10.2. The number of rotatable bonds is 3. The molecule has 0 radical (unpaired) electrons. The zero-order valence-electron chi connectivity index (χ0n) is 10.8. The van der Waals surface area contributed by atoms with Crippen LogP contribution in [0, 0.1) is 6.92 Å². The average Bonchev–Trinajstić information content (AvgIpc) is 2.37. The molecule has 110 valence electrons. The number of aromatic nitrogens is 1. The number of nitrogens with one attached hydrogen (secondary N) is 1. The van der Waals surface area contributed by atoms with Gasteiger partial charge in [-0.3, -0.25) is 9.78 Å². The van der Waals surface area contributed by atoms with Crippen LogP contribution in [0.15, 0.2) is 46.0 Å². The lowest BCUT2D eigenvalue weighted by molar-refractivity contribution is 0.102. The summed E-state index contributed by atoms with van der Waals surface area (Å²) in [6.07, 6.45) is 3.10. The van der Waals surface area contributed by atoms with E-state index in [1.54, 1.807) is 12.3 Å². The Balaban J connectivity index is 2.25. The van der Waals surface area contributed by atoms with E-state index < -0.39 is 9.05 Å². The number of aryl methyl sites for hydroxylation is 1. The molecule has 1 aromatic carbocycles. The van der Waals surface area contributed by atoms with Crippen molar-refractivity contribution in [2.24, 2.45) is 0 Å². The van der Waals surface area contributed by atoms with Crippen LogP contribution in [0.1, 0.15) is 15.9 Å². The van der Waals surface area contributed by atoms with Crippen LogP contribution in [0.2, 0.25) is 0 Å². The highest BCUT2D eigenvalue weighted by molar-refractivity contribution is 9.10. The summed E-state index contributed by atoms with van der Waals surface area (Å²) < 4.78 is 22.8. The minimum Gasteiger partial charge on any atom is -0.322 e. The molecule has 1 heterocycles. The van der Waals surface area contributed by atoms with Crippen molar-refractivity contribution in [3.05, 3.63) is 52.3 Å². The van der Waals surface area contributed by atoms with E-state index in [9.17, 15) is 13.2 Å². The summed E-state index contributed by atoms with van der Waals surface area (Å²) in [5, 5.41) is 2.66. The van der Waals surface area contributed by atoms with Gasteiger partial charge in [0.05, 0.1) is 10.5 Å². The van der Waals surface area contributed by atoms with Gasteiger partial charge in [-0.05, 0) is 52.7 Å². The Hall–Kier alpha value is -1.44. The summed E-state index contributed by atoms with van der Waals surface area (Å²) in [6, 6.07) is 5.95. The normalized spacial score (nSPS) is 11.2. The first kappa shape index (κ1) is 15.9. The first-order valence-electron chi connectivity index (χ1n) is 5.74. The molecule has 0 atom stereocenters. The lowest BCUT2D eigenvalue weighted by Gasteiger charge is -2.07. The number of anilines is 1. The molecule has 0 saturated heterocycles. The van der Waals surface area contributed by atoms with Crippen LogP contribution in [0.5, 0.6) is 0 Å². The first-order valence-corrected chi connectivity index (χ1v) is 8.85. The molecule has 0 unspecified atom stereocenters. The van der Waals surface area contributed by atoms with Crippen molar-refractivity contribution < 1.29 is 13.2 Å². The molecule has 2 rings (SSSR count). The summed E-state index contributed by atoms with van der Waals surface area (Å²) in [5.74, 6) is -0.334. The Labute approximate surface area is 134 Å². The van der Waals surface area contributed by atoms with E-state index in [1.165, 1.54) is 24.4 Å². The molecule has 0 bridgehead atoms. The molecule has 1 amide bonds. The van der Waals surface area contributed by atoms with Crippen LogP contribution >= 0.6 is 26.6 Å². The van der Waals surface area contributed by atoms with E-state index in [0.29, 0.717) is 11.3 Å². The number of nitrogens with zero attached hydrogens (tertiary/aromatic N) is 1. The van der Waals surface area contributed by atoms with E-state index in [4.69, 9.17) is 10.7 Å². The number of hydrogen-bond donors (Lipinski definition) is 1. The maximum Gasteiger partial charge on any atom is 0.262 e. The second-order valence-electron chi connectivity index (χ2n) is 4.29. The number of benzene rings is 1. The molecule has 0 aliphatic rings. The Morgan fingerprint density at radius 2 is 2.00 bits per heavy atom. The molecule has 0 spiro atoms. The molecule has 5 nitrogen and oxygen atoms in total. The summed E-state index contributed by atoms with van der Waals surface area (Å²) >= 11 is 3.11. The van der Waals surface area contributed by atoms with Gasteiger partial charge in [-0.25, -0.2) is 8.42 Å². The van der Waals surface area contributed by atoms with Crippen LogP contribution in [-0.2, 0) is 9.05 Å². The fourth-order valence-electron chi connectivity index (χ4n) is 1.66. The zero-order valence-corrected chi connectivity index (χ0v) is 14.0. The maximum absolute atomic E-state index is 12.0. The second kappa shape index (κ2) is 6.13. The number of halogens is 2. The van der Waals surface area contributed by atoms with Crippen molar-refractivity contribution in [1.29, 1.82) is 0 Å². The molecule has 0 aliphatic carbocycles. The molecule has 8 heteroatoms. The van der Waals surface area contributed by atoms with Crippen molar-refractivity contribution in [3.63, 3.8) is 0 Å². The number of carbonyl (C=O) groups is 1. The van der Waals surface area contributed by atoms with Gasteiger partial charge in [0.2, 0.25) is 0 Å². The highest BCUT2D eigenvalue weighted by Crippen LogP contribution is 2.28. The molecule has 1 aromatic heterocycles. The first-order chi connectivity index (χ1) is 9.77. The van der Waals surface area contributed by atoms with E-state index in [2.05, 4.69) is 26.2 Å². The van der Waals surface area contributed by atoms with Gasteiger partial charge in [0.15, 0.2) is 0 Å². The lowest BCUT2D eigenvalue weighted by Crippen LogP contribution is -2.12. The molecule has 21 heavy (non-hydrogen) atoms. The molecular formula is C13H10BrClN2O3S. The van der Waals surface area contributed by atoms with Crippen molar-refractivity contribution in [3.8, 4) is 0 Å². The number of pyridine rings is 1. The zero-order chi connectivity index (χ0) is 15.6. The van der Waals surface area contributed by atoms with E-state index in [0.717, 1.165) is 5.56 Å². The summed E-state index contributed by atoms with van der Waals surface area (Å²) in [4.78, 5) is 15.9. The average molecular weight is 390 g/mol. The predicted molar refractivity (Wildman–Crippen MR) is 84.1 cm³/mol. The summed E-state index contributed by atoms with van der Waals surface area (Å²) in [5.41, 5.74) is 1.73. The van der Waals surface area contributed by atoms with Crippen molar-refractivity contribution in [1.82, 2.24) is 4.98 Å². The highest BCUT2D eigenvalue weighted by atomic mass is 79.9. The number of hydrogen-bond acceptors (Lipinski definition) is 4. The standard InChI is InChI=1S/C13H10BrClN2O3S/c1-8-4-9(7-16-6-8)13(18)17-10-2-3-12(11(14)5-10)21(15,19)20/h2-7H,1H3,(H,17,18). The Kier molecular flexibility index (Phi) is 4.65. The Morgan fingerprint density at radius 3 is 2.57 bits per heavy atom. The van der Waals surface area contributed by atoms with Crippen molar-refractivity contribution >= 4 is 47.3 Å².